The molecule has 0 amide bonds. The standard InChI is InChI=1S/C22H29N5O3/c1-5-7-10-30-17-9-8-14(11-18(17)29-6-2)20-19-15(12-22(3,4)13-16(19)28)23-21-24-25-26-27(20)21/h8-9,11,20H,5-7,10,12-13H2,1-4H3,(H,23,24,26). The SMILES string of the molecule is CCCCOc1ccc(C2C3=C(CC(C)(C)CC3=O)Nc3nnnn32)cc1OCC. The van der Waals surface area contributed by atoms with Gasteiger partial charge in [0.05, 0.1) is 13.2 Å². The summed E-state index contributed by atoms with van der Waals surface area (Å²) in [6.45, 7) is 9.46. The molecule has 0 bridgehead atoms. The van der Waals surface area contributed by atoms with E-state index < -0.39 is 6.04 Å². The zero-order chi connectivity index (χ0) is 21.3. The van der Waals surface area contributed by atoms with Crippen LogP contribution in [0.5, 0.6) is 11.5 Å². The van der Waals surface area contributed by atoms with Crippen molar-refractivity contribution >= 4 is 11.7 Å². The quantitative estimate of drug-likeness (QED) is 0.691. The number of Topliss-reactive ketones (excluding diaryl/α,β-unsaturated/α-hetero) is 1. The van der Waals surface area contributed by atoms with Crippen LogP contribution in [0.25, 0.3) is 0 Å². The number of hydrogen-bond acceptors (Lipinski definition) is 7. The molecule has 1 aromatic carbocycles. The number of carbonyl (C=O) groups is 1. The van der Waals surface area contributed by atoms with E-state index in [0.717, 1.165) is 36.1 Å². The molecular weight excluding hydrogens is 382 g/mol. The van der Waals surface area contributed by atoms with Crippen LogP contribution in [0.3, 0.4) is 0 Å². The van der Waals surface area contributed by atoms with Crippen LogP contribution in [-0.4, -0.2) is 39.2 Å². The number of benzene rings is 1. The van der Waals surface area contributed by atoms with Crippen molar-refractivity contribution in [3.8, 4) is 11.5 Å². The van der Waals surface area contributed by atoms with Crippen molar-refractivity contribution in [1.29, 1.82) is 0 Å². The van der Waals surface area contributed by atoms with Gasteiger partial charge in [-0.1, -0.05) is 38.4 Å². The van der Waals surface area contributed by atoms with Crippen LogP contribution in [0.2, 0.25) is 0 Å². The van der Waals surface area contributed by atoms with Crippen molar-refractivity contribution in [3.63, 3.8) is 0 Å². The average Bonchev–Trinajstić information content (AvgIpc) is 3.15. The van der Waals surface area contributed by atoms with Crippen molar-refractivity contribution in [3.05, 3.63) is 35.0 Å². The summed E-state index contributed by atoms with van der Waals surface area (Å²) in [7, 11) is 0. The second-order valence-corrected chi connectivity index (χ2v) is 8.65. The van der Waals surface area contributed by atoms with E-state index in [-0.39, 0.29) is 11.2 Å². The van der Waals surface area contributed by atoms with Gasteiger partial charge in [-0.05, 0) is 53.3 Å². The van der Waals surface area contributed by atoms with E-state index in [1.54, 1.807) is 4.68 Å². The van der Waals surface area contributed by atoms with Crippen LogP contribution >= 0.6 is 0 Å². The molecule has 1 aliphatic carbocycles. The number of hydrogen-bond donors (Lipinski definition) is 1. The molecule has 1 aromatic heterocycles. The van der Waals surface area contributed by atoms with E-state index in [0.29, 0.717) is 37.1 Å². The molecule has 0 saturated heterocycles. The van der Waals surface area contributed by atoms with E-state index in [1.165, 1.54) is 0 Å². The van der Waals surface area contributed by atoms with Crippen molar-refractivity contribution in [1.82, 2.24) is 20.2 Å². The summed E-state index contributed by atoms with van der Waals surface area (Å²) >= 11 is 0. The van der Waals surface area contributed by atoms with Crippen molar-refractivity contribution < 1.29 is 14.3 Å². The fourth-order valence-corrected chi connectivity index (χ4v) is 4.19. The van der Waals surface area contributed by atoms with Crippen LogP contribution in [0, 0.1) is 5.41 Å². The molecule has 1 unspecified atom stereocenters. The van der Waals surface area contributed by atoms with Gasteiger partial charge in [0.2, 0.25) is 5.95 Å². The van der Waals surface area contributed by atoms with Gasteiger partial charge in [0.25, 0.3) is 0 Å². The molecule has 0 saturated carbocycles. The summed E-state index contributed by atoms with van der Waals surface area (Å²) in [5, 5.41) is 15.4. The number of nitrogens with one attached hydrogen (secondary N) is 1. The van der Waals surface area contributed by atoms with Crippen molar-refractivity contribution in [2.75, 3.05) is 18.5 Å². The van der Waals surface area contributed by atoms with E-state index >= 15 is 0 Å². The first-order valence-electron chi connectivity index (χ1n) is 10.6. The first-order chi connectivity index (χ1) is 14.4. The summed E-state index contributed by atoms with van der Waals surface area (Å²) in [6.07, 6.45) is 3.32. The molecule has 2 aromatic rings. The van der Waals surface area contributed by atoms with E-state index in [1.807, 2.05) is 25.1 Å². The number of rotatable bonds is 7. The Balaban J connectivity index is 1.77. The number of ether oxygens (including phenoxy) is 2. The largest absolute Gasteiger partial charge is 0.490 e. The number of ketones is 1. The lowest BCUT2D eigenvalue weighted by Gasteiger charge is -2.37. The highest BCUT2D eigenvalue weighted by Gasteiger charge is 2.42. The number of aromatic nitrogens is 4. The third kappa shape index (κ3) is 3.78. The maximum absolute atomic E-state index is 13.2. The van der Waals surface area contributed by atoms with E-state index in [9.17, 15) is 4.79 Å². The Kier molecular flexibility index (Phi) is 5.49. The van der Waals surface area contributed by atoms with E-state index in [2.05, 4.69) is 41.6 Å². The molecule has 1 N–H and O–H groups in total. The normalized spacial score (nSPS) is 19.7. The second kappa shape index (κ2) is 8.08. The minimum absolute atomic E-state index is 0.101. The number of allylic oxidation sites excluding steroid dienone is 2. The Hall–Kier alpha value is -2.90. The number of fused-ring (bicyclic) bond motifs is 1. The molecule has 160 valence electrons. The molecule has 4 rings (SSSR count). The van der Waals surface area contributed by atoms with Crippen LogP contribution < -0.4 is 14.8 Å². The third-order valence-corrected chi connectivity index (χ3v) is 5.53. The summed E-state index contributed by atoms with van der Waals surface area (Å²) in [5.74, 6) is 2.06. The van der Waals surface area contributed by atoms with Crippen LogP contribution in [0.15, 0.2) is 29.5 Å². The summed E-state index contributed by atoms with van der Waals surface area (Å²) in [4.78, 5) is 13.2. The molecule has 30 heavy (non-hydrogen) atoms. The second-order valence-electron chi connectivity index (χ2n) is 8.65. The first kappa shape index (κ1) is 20.4. The molecule has 2 aliphatic rings. The van der Waals surface area contributed by atoms with Gasteiger partial charge in [0.15, 0.2) is 17.3 Å². The molecular formula is C22H29N5O3. The van der Waals surface area contributed by atoms with Crippen molar-refractivity contribution in [2.24, 2.45) is 5.41 Å². The van der Waals surface area contributed by atoms with Gasteiger partial charge >= 0.3 is 0 Å². The summed E-state index contributed by atoms with van der Waals surface area (Å²) < 4.78 is 13.5. The lowest BCUT2D eigenvalue weighted by Crippen LogP contribution is -2.36. The molecule has 8 nitrogen and oxygen atoms in total. The summed E-state index contributed by atoms with van der Waals surface area (Å²) in [5.41, 5.74) is 2.44. The molecule has 1 atom stereocenters. The lowest BCUT2D eigenvalue weighted by molar-refractivity contribution is -0.118. The highest BCUT2D eigenvalue weighted by atomic mass is 16.5. The number of nitrogens with zero attached hydrogens (tertiary/aromatic N) is 4. The summed E-state index contributed by atoms with van der Waals surface area (Å²) in [6, 6.07) is 5.45. The molecule has 0 spiro atoms. The lowest BCUT2D eigenvalue weighted by atomic mass is 9.73. The third-order valence-electron chi connectivity index (χ3n) is 5.53. The van der Waals surface area contributed by atoms with Crippen LogP contribution in [0.1, 0.15) is 65.0 Å². The Bertz CT molecular complexity index is 979. The fraction of sp³-hybridized carbons (Fsp3) is 0.545. The highest BCUT2D eigenvalue weighted by molar-refractivity contribution is 6.00. The predicted molar refractivity (Wildman–Crippen MR) is 113 cm³/mol. The van der Waals surface area contributed by atoms with Crippen molar-refractivity contribution in [2.45, 2.75) is 59.4 Å². The molecule has 1 aliphatic heterocycles. The Morgan fingerprint density at radius 3 is 2.80 bits per heavy atom. The first-order valence-corrected chi connectivity index (χ1v) is 10.6. The topological polar surface area (TPSA) is 91.2 Å². The number of tetrazole rings is 1. The fourth-order valence-electron chi connectivity index (χ4n) is 4.19. The Labute approximate surface area is 176 Å². The zero-order valence-corrected chi connectivity index (χ0v) is 18.1. The van der Waals surface area contributed by atoms with Gasteiger partial charge in [0.1, 0.15) is 6.04 Å². The smallest absolute Gasteiger partial charge is 0.248 e. The monoisotopic (exact) mass is 411 g/mol. The van der Waals surface area contributed by atoms with Gasteiger partial charge in [-0.15, -0.1) is 0 Å². The Morgan fingerprint density at radius 2 is 2.03 bits per heavy atom. The zero-order valence-electron chi connectivity index (χ0n) is 18.1. The maximum Gasteiger partial charge on any atom is 0.248 e. The average molecular weight is 412 g/mol. The molecule has 8 heteroatoms. The number of unbranched alkanes of at least 4 members (excludes halogenated alkanes) is 1. The van der Waals surface area contributed by atoms with E-state index in [4.69, 9.17) is 9.47 Å². The highest BCUT2D eigenvalue weighted by Crippen LogP contribution is 2.46. The van der Waals surface area contributed by atoms with Gasteiger partial charge in [-0.2, -0.15) is 4.68 Å². The minimum Gasteiger partial charge on any atom is -0.490 e. The predicted octanol–water partition coefficient (Wildman–Crippen LogP) is 3.91. The van der Waals surface area contributed by atoms with Gasteiger partial charge in [-0.3, -0.25) is 4.79 Å². The van der Waals surface area contributed by atoms with Gasteiger partial charge in [0, 0.05) is 17.7 Å². The van der Waals surface area contributed by atoms with Crippen LogP contribution in [0.4, 0.5) is 5.95 Å². The number of carbonyl (C=O) groups excluding carboxylic acids is 1. The number of anilines is 1. The van der Waals surface area contributed by atoms with Gasteiger partial charge < -0.3 is 14.8 Å². The molecule has 2 heterocycles. The van der Waals surface area contributed by atoms with Crippen LogP contribution in [-0.2, 0) is 4.79 Å². The van der Waals surface area contributed by atoms with Gasteiger partial charge in [-0.25, -0.2) is 0 Å². The minimum atomic E-state index is -0.390. The molecule has 0 fully saturated rings. The Morgan fingerprint density at radius 1 is 1.20 bits per heavy atom. The molecule has 0 radical (unpaired) electrons. The maximum atomic E-state index is 13.2.